The molecule has 7 nitrogen and oxygen atoms in total. The first-order valence-corrected chi connectivity index (χ1v) is 11.0. The molecule has 1 aliphatic heterocycles. The van der Waals surface area contributed by atoms with Crippen molar-refractivity contribution < 1.29 is 14.4 Å². The third-order valence-corrected chi connectivity index (χ3v) is 5.88. The number of carbonyl (C=O) groups is 3. The van der Waals surface area contributed by atoms with Crippen LogP contribution in [-0.4, -0.2) is 65.1 Å². The number of Topliss-reactive ketones (excluding diaryl/α,β-unsaturated/α-hetero) is 1. The maximum Gasteiger partial charge on any atom is 0.270 e. The summed E-state index contributed by atoms with van der Waals surface area (Å²) in [6, 6.07) is 16.8. The summed E-state index contributed by atoms with van der Waals surface area (Å²) in [4.78, 5) is 44.2. The number of amides is 2. The van der Waals surface area contributed by atoms with Gasteiger partial charge in [-0.25, -0.2) is 0 Å². The number of anilines is 1. The lowest BCUT2D eigenvalue weighted by Gasteiger charge is -2.34. The number of piperazine rings is 1. The molecule has 1 fully saturated rings. The molecule has 32 heavy (non-hydrogen) atoms. The van der Waals surface area contributed by atoms with Crippen LogP contribution < -0.4 is 5.32 Å². The zero-order valence-corrected chi connectivity index (χ0v) is 18.3. The molecule has 0 spiro atoms. The molecule has 4 rings (SSSR count). The summed E-state index contributed by atoms with van der Waals surface area (Å²) in [5.74, 6) is -0.128. The molecular formula is C25H28N4O3. The summed E-state index contributed by atoms with van der Waals surface area (Å²) in [5.41, 5.74) is 2.69. The third kappa shape index (κ3) is 5.06. The van der Waals surface area contributed by atoms with Gasteiger partial charge in [0.2, 0.25) is 5.91 Å². The highest BCUT2D eigenvalue weighted by Gasteiger charge is 2.23. The molecule has 0 saturated carbocycles. The first kappa shape index (κ1) is 21.8. The second-order valence-electron chi connectivity index (χ2n) is 8.16. The van der Waals surface area contributed by atoms with Crippen molar-refractivity contribution in [2.75, 3.05) is 38.0 Å². The Balaban J connectivity index is 1.21. The summed E-state index contributed by atoms with van der Waals surface area (Å²) in [5, 5.41) is 3.89. The van der Waals surface area contributed by atoms with Crippen LogP contribution in [-0.2, 0) is 4.79 Å². The van der Waals surface area contributed by atoms with Gasteiger partial charge in [-0.05, 0) is 44.2 Å². The van der Waals surface area contributed by atoms with Gasteiger partial charge in [-0.3, -0.25) is 19.3 Å². The van der Waals surface area contributed by atoms with Crippen molar-refractivity contribution in [3.8, 4) is 0 Å². The standard InChI is InChI=1S/C25H28N4O3/c1-18(30)20-8-3-5-10-22(20)27-24(31)11-6-12-28-13-15-29(16-14-28)25(32)23-17-19-7-2-4-9-21(19)26-23/h2-5,7-10,17,26H,6,11-16H2,1H3,(H,27,31). The second-order valence-corrected chi connectivity index (χ2v) is 8.16. The lowest BCUT2D eigenvalue weighted by atomic mass is 10.1. The molecule has 166 valence electrons. The fourth-order valence-corrected chi connectivity index (χ4v) is 4.11. The highest BCUT2D eigenvalue weighted by atomic mass is 16.2. The molecule has 0 aliphatic carbocycles. The Hall–Kier alpha value is -3.45. The predicted octanol–water partition coefficient (Wildman–Crippen LogP) is 3.55. The maximum atomic E-state index is 12.8. The number of carbonyl (C=O) groups excluding carboxylic acids is 3. The monoisotopic (exact) mass is 432 g/mol. The average molecular weight is 433 g/mol. The van der Waals surface area contributed by atoms with Gasteiger partial charge in [0.15, 0.2) is 5.78 Å². The summed E-state index contributed by atoms with van der Waals surface area (Å²) >= 11 is 0. The Bertz CT molecular complexity index is 1100. The van der Waals surface area contributed by atoms with Crippen LogP contribution in [0.3, 0.4) is 0 Å². The molecule has 0 bridgehead atoms. The predicted molar refractivity (Wildman–Crippen MR) is 125 cm³/mol. The summed E-state index contributed by atoms with van der Waals surface area (Å²) in [7, 11) is 0. The van der Waals surface area contributed by atoms with Crippen molar-refractivity contribution >= 4 is 34.2 Å². The molecule has 0 unspecified atom stereocenters. The van der Waals surface area contributed by atoms with Crippen LogP contribution in [0.15, 0.2) is 54.6 Å². The molecule has 0 radical (unpaired) electrons. The molecule has 2 heterocycles. The lowest BCUT2D eigenvalue weighted by Crippen LogP contribution is -2.49. The molecular weight excluding hydrogens is 404 g/mol. The Morgan fingerprint density at radius 2 is 1.69 bits per heavy atom. The van der Waals surface area contributed by atoms with Gasteiger partial charge in [0, 0.05) is 49.1 Å². The largest absolute Gasteiger partial charge is 0.351 e. The van der Waals surface area contributed by atoms with E-state index in [2.05, 4.69) is 15.2 Å². The van der Waals surface area contributed by atoms with Gasteiger partial charge in [0.1, 0.15) is 5.69 Å². The van der Waals surface area contributed by atoms with Crippen LogP contribution in [0.25, 0.3) is 10.9 Å². The zero-order chi connectivity index (χ0) is 22.5. The van der Waals surface area contributed by atoms with E-state index in [1.807, 2.05) is 35.2 Å². The van der Waals surface area contributed by atoms with Crippen LogP contribution in [0.4, 0.5) is 5.69 Å². The van der Waals surface area contributed by atoms with Gasteiger partial charge in [0.05, 0.1) is 5.69 Å². The number of hydrogen-bond acceptors (Lipinski definition) is 4. The van der Waals surface area contributed by atoms with Gasteiger partial charge < -0.3 is 15.2 Å². The average Bonchev–Trinajstić information content (AvgIpc) is 3.23. The van der Waals surface area contributed by atoms with Crippen LogP contribution in [0.1, 0.15) is 40.6 Å². The number of ketones is 1. The number of hydrogen-bond donors (Lipinski definition) is 2. The number of rotatable bonds is 7. The van der Waals surface area contributed by atoms with Crippen LogP contribution in [0.5, 0.6) is 0 Å². The molecule has 2 aromatic carbocycles. The number of fused-ring (bicyclic) bond motifs is 1. The van der Waals surface area contributed by atoms with Crippen molar-refractivity contribution in [2.45, 2.75) is 19.8 Å². The zero-order valence-electron chi connectivity index (χ0n) is 18.3. The van der Waals surface area contributed by atoms with Crippen molar-refractivity contribution in [1.82, 2.24) is 14.8 Å². The number of nitrogens with one attached hydrogen (secondary N) is 2. The van der Waals surface area contributed by atoms with E-state index in [-0.39, 0.29) is 17.6 Å². The number of aromatic amines is 1. The minimum Gasteiger partial charge on any atom is -0.351 e. The van der Waals surface area contributed by atoms with Crippen molar-refractivity contribution in [3.05, 3.63) is 65.9 Å². The van der Waals surface area contributed by atoms with E-state index in [0.717, 1.165) is 37.0 Å². The van der Waals surface area contributed by atoms with Crippen molar-refractivity contribution in [1.29, 1.82) is 0 Å². The summed E-state index contributed by atoms with van der Waals surface area (Å²) in [6.45, 7) is 5.23. The van der Waals surface area contributed by atoms with Gasteiger partial charge in [-0.15, -0.1) is 0 Å². The first-order chi connectivity index (χ1) is 15.5. The normalized spacial score (nSPS) is 14.5. The molecule has 1 aliphatic rings. The second kappa shape index (κ2) is 9.78. The number of benzene rings is 2. The third-order valence-electron chi connectivity index (χ3n) is 5.88. The Morgan fingerprint density at radius 3 is 2.44 bits per heavy atom. The van der Waals surface area contributed by atoms with Crippen molar-refractivity contribution in [2.24, 2.45) is 0 Å². The van der Waals surface area contributed by atoms with E-state index in [9.17, 15) is 14.4 Å². The molecule has 2 amide bonds. The lowest BCUT2D eigenvalue weighted by molar-refractivity contribution is -0.116. The fraction of sp³-hybridized carbons (Fsp3) is 0.320. The Labute approximate surface area is 187 Å². The molecule has 1 aromatic heterocycles. The first-order valence-electron chi connectivity index (χ1n) is 11.0. The molecule has 7 heteroatoms. The van der Waals surface area contributed by atoms with Crippen LogP contribution in [0, 0.1) is 0 Å². The Kier molecular flexibility index (Phi) is 6.66. The van der Waals surface area contributed by atoms with E-state index >= 15 is 0 Å². The maximum absolute atomic E-state index is 12.8. The van der Waals surface area contributed by atoms with Crippen LogP contribution in [0.2, 0.25) is 0 Å². The van der Waals surface area contributed by atoms with Crippen LogP contribution >= 0.6 is 0 Å². The SMILES string of the molecule is CC(=O)c1ccccc1NC(=O)CCCN1CCN(C(=O)c2cc3ccccc3[nH]2)CC1. The summed E-state index contributed by atoms with van der Waals surface area (Å²) in [6.07, 6.45) is 1.12. The molecule has 1 saturated heterocycles. The van der Waals surface area contributed by atoms with E-state index in [4.69, 9.17) is 0 Å². The topological polar surface area (TPSA) is 85.5 Å². The number of aromatic nitrogens is 1. The van der Waals surface area contributed by atoms with Gasteiger partial charge in [-0.1, -0.05) is 30.3 Å². The minimum atomic E-state index is -0.0914. The van der Waals surface area contributed by atoms with E-state index < -0.39 is 0 Å². The van der Waals surface area contributed by atoms with Crippen molar-refractivity contribution in [3.63, 3.8) is 0 Å². The highest BCUT2D eigenvalue weighted by Crippen LogP contribution is 2.18. The molecule has 3 aromatic rings. The Morgan fingerprint density at radius 1 is 0.969 bits per heavy atom. The minimum absolute atomic E-state index is 0.0318. The highest BCUT2D eigenvalue weighted by molar-refractivity contribution is 6.03. The number of para-hydroxylation sites is 2. The number of nitrogens with zero attached hydrogens (tertiary/aromatic N) is 2. The van der Waals surface area contributed by atoms with Gasteiger partial charge >= 0.3 is 0 Å². The molecule has 2 N–H and O–H groups in total. The smallest absolute Gasteiger partial charge is 0.270 e. The molecule has 0 atom stereocenters. The summed E-state index contributed by atoms with van der Waals surface area (Å²) < 4.78 is 0. The number of H-pyrrole nitrogens is 1. The van der Waals surface area contributed by atoms with E-state index in [1.54, 1.807) is 24.3 Å². The fourth-order valence-electron chi connectivity index (χ4n) is 4.11. The van der Waals surface area contributed by atoms with Gasteiger partial charge in [0.25, 0.3) is 5.91 Å². The van der Waals surface area contributed by atoms with Gasteiger partial charge in [-0.2, -0.15) is 0 Å². The van der Waals surface area contributed by atoms with E-state index in [0.29, 0.717) is 36.5 Å². The quantitative estimate of drug-likeness (QED) is 0.559. The van der Waals surface area contributed by atoms with E-state index in [1.165, 1.54) is 6.92 Å².